The van der Waals surface area contributed by atoms with Crippen molar-refractivity contribution in [3.05, 3.63) is 29.3 Å². The van der Waals surface area contributed by atoms with E-state index < -0.39 is 5.97 Å². The number of carbonyl (C=O) groups excluding carboxylic acids is 1. The van der Waals surface area contributed by atoms with Crippen LogP contribution in [-0.4, -0.2) is 23.5 Å². The Morgan fingerprint density at radius 2 is 1.93 bits per heavy atom. The van der Waals surface area contributed by atoms with E-state index in [0.717, 1.165) is 0 Å². The Bertz CT molecular complexity index is 363. The topological polar surface area (TPSA) is 63.6 Å². The first-order valence-electron chi connectivity index (χ1n) is 4.58. The molecule has 15 heavy (non-hydrogen) atoms. The number of benzene rings is 1. The number of hydrogen-bond acceptors (Lipinski definition) is 3. The molecule has 0 saturated carbocycles. The highest BCUT2D eigenvalue weighted by Gasteiger charge is 2.17. The highest BCUT2D eigenvalue weighted by Crippen LogP contribution is 2.24. The number of carbonyl (C=O) groups is 2. The quantitative estimate of drug-likeness (QED) is 0.768. The van der Waals surface area contributed by atoms with Crippen LogP contribution in [0.5, 0.6) is 5.75 Å². The first-order chi connectivity index (χ1) is 7.07. The molecule has 0 fully saturated rings. The van der Waals surface area contributed by atoms with Gasteiger partial charge in [0, 0.05) is 0 Å². The largest absolute Gasteiger partial charge is 0.492 e. The van der Waals surface area contributed by atoms with Gasteiger partial charge in [0.05, 0.1) is 12.2 Å². The predicted octanol–water partition coefficient (Wildman–Crippen LogP) is 1.99. The second-order valence-electron chi connectivity index (χ2n) is 2.98. The lowest BCUT2D eigenvalue weighted by atomic mass is 10.1. The van der Waals surface area contributed by atoms with E-state index in [-0.39, 0.29) is 17.1 Å². The molecule has 0 aromatic heterocycles. The molecule has 1 N–H and O–H groups in total. The summed E-state index contributed by atoms with van der Waals surface area (Å²) in [6.07, 6.45) is 0. The molecule has 1 rings (SSSR count). The molecule has 0 saturated heterocycles. The van der Waals surface area contributed by atoms with E-state index in [1.165, 1.54) is 19.1 Å². The van der Waals surface area contributed by atoms with Crippen LogP contribution in [0.15, 0.2) is 18.2 Å². The van der Waals surface area contributed by atoms with Crippen LogP contribution in [0.2, 0.25) is 0 Å². The zero-order chi connectivity index (χ0) is 11.4. The van der Waals surface area contributed by atoms with Gasteiger partial charge in [-0.25, -0.2) is 4.79 Å². The fourth-order valence-electron chi connectivity index (χ4n) is 1.28. The van der Waals surface area contributed by atoms with Gasteiger partial charge in [0.2, 0.25) is 0 Å². The first-order valence-corrected chi connectivity index (χ1v) is 4.58. The molecule has 0 aliphatic heterocycles. The van der Waals surface area contributed by atoms with E-state index in [0.29, 0.717) is 12.2 Å². The molecule has 4 nitrogen and oxygen atoms in total. The molecule has 4 heteroatoms. The van der Waals surface area contributed by atoms with Crippen LogP contribution in [0.4, 0.5) is 0 Å². The van der Waals surface area contributed by atoms with Gasteiger partial charge >= 0.3 is 5.97 Å². The molecule has 0 spiro atoms. The SMILES string of the molecule is CCOc1c(C(C)=O)cccc1C(=O)O. The number of carboxylic acid groups (broad SMARTS) is 1. The normalized spacial score (nSPS) is 9.73. The van der Waals surface area contributed by atoms with Crippen LogP contribution < -0.4 is 4.74 Å². The summed E-state index contributed by atoms with van der Waals surface area (Å²) in [6.45, 7) is 3.44. The van der Waals surface area contributed by atoms with Crippen molar-refractivity contribution in [2.45, 2.75) is 13.8 Å². The van der Waals surface area contributed by atoms with Crippen molar-refractivity contribution < 1.29 is 19.4 Å². The Morgan fingerprint density at radius 3 is 2.40 bits per heavy atom. The van der Waals surface area contributed by atoms with Crippen LogP contribution in [0.25, 0.3) is 0 Å². The number of aromatic carboxylic acids is 1. The summed E-state index contributed by atoms with van der Waals surface area (Å²) in [5, 5.41) is 8.91. The molecule has 0 aliphatic carbocycles. The molecule has 1 aromatic rings. The zero-order valence-corrected chi connectivity index (χ0v) is 8.61. The molecule has 0 amide bonds. The predicted molar refractivity (Wildman–Crippen MR) is 54.6 cm³/mol. The minimum Gasteiger partial charge on any atom is -0.492 e. The molecule has 0 bridgehead atoms. The lowest BCUT2D eigenvalue weighted by Gasteiger charge is -2.10. The van der Waals surface area contributed by atoms with Gasteiger partial charge in [-0.05, 0) is 26.0 Å². The van der Waals surface area contributed by atoms with Gasteiger partial charge in [-0.2, -0.15) is 0 Å². The van der Waals surface area contributed by atoms with Gasteiger partial charge < -0.3 is 9.84 Å². The van der Waals surface area contributed by atoms with E-state index in [1.807, 2.05) is 0 Å². The summed E-state index contributed by atoms with van der Waals surface area (Å²) < 4.78 is 5.19. The zero-order valence-electron chi connectivity index (χ0n) is 8.61. The average molecular weight is 208 g/mol. The smallest absolute Gasteiger partial charge is 0.339 e. The monoisotopic (exact) mass is 208 g/mol. The van der Waals surface area contributed by atoms with Crippen molar-refractivity contribution in [3.8, 4) is 5.75 Å². The maximum Gasteiger partial charge on any atom is 0.339 e. The van der Waals surface area contributed by atoms with Gasteiger partial charge in [-0.3, -0.25) is 4.79 Å². The van der Waals surface area contributed by atoms with Gasteiger partial charge in [-0.1, -0.05) is 6.07 Å². The number of carboxylic acids is 1. The lowest BCUT2D eigenvalue weighted by molar-refractivity contribution is 0.0692. The third kappa shape index (κ3) is 2.34. The van der Waals surface area contributed by atoms with Crippen molar-refractivity contribution in [2.24, 2.45) is 0 Å². The molecule has 1 aromatic carbocycles. The Kier molecular flexibility index (Phi) is 3.44. The number of Topliss-reactive ketones (excluding diaryl/α,β-unsaturated/α-hetero) is 1. The fraction of sp³-hybridized carbons (Fsp3) is 0.273. The number of para-hydroxylation sites is 1. The van der Waals surface area contributed by atoms with Crippen molar-refractivity contribution in [1.29, 1.82) is 0 Å². The maximum atomic E-state index is 11.2. The van der Waals surface area contributed by atoms with Crippen molar-refractivity contribution in [1.82, 2.24) is 0 Å². The second-order valence-corrected chi connectivity index (χ2v) is 2.98. The highest BCUT2D eigenvalue weighted by molar-refractivity contribution is 6.01. The summed E-state index contributed by atoms with van der Waals surface area (Å²) in [5.74, 6) is -1.15. The standard InChI is InChI=1S/C11H12O4/c1-3-15-10-8(7(2)12)5-4-6-9(10)11(13)14/h4-6H,3H2,1-2H3,(H,13,14). The third-order valence-corrected chi connectivity index (χ3v) is 1.91. The second kappa shape index (κ2) is 4.59. The molecule has 80 valence electrons. The Hall–Kier alpha value is -1.84. The van der Waals surface area contributed by atoms with E-state index in [9.17, 15) is 9.59 Å². The number of hydrogen-bond donors (Lipinski definition) is 1. The molecule has 0 aliphatic rings. The van der Waals surface area contributed by atoms with Gasteiger partial charge in [-0.15, -0.1) is 0 Å². The number of rotatable bonds is 4. The Labute approximate surface area is 87.5 Å². The highest BCUT2D eigenvalue weighted by atomic mass is 16.5. The lowest BCUT2D eigenvalue weighted by Crippen LogP contribution is -2.07. The molecular formula is C11H12O4. The van der Waals surface area contributed by atoms with Crippen molar-refractivity contribution in [3.63, 3.8) is 0 Å². The number of ketones is 1. The van der Waals surface area contributed by atoms with Crippen molar-refractivity contribution >= 4 is 11.8 Å². The van der Waals surface area contributed by atoms with E-state index >= 15 is 0 Å². The summed E-state index contributed by atoms with van der Waals surface area (Å²) in [5.41, 5.74) is 0.321. The minimum absolute atomic E-state index is 0.0181. The van der Waals surface area contributed by atoms with Gasteiger partial charge in [0.15, 0.2) is 5.78 Å². The fourth-order valence-corrected chi connectivity index (χ4v) is 1.28. The maximum absolute atomic E-state index is 11.2. The molecular weight excluding hydrogens is 196 g/mol. The summed E-state index contributed by atoms with van der Waals surface area (Å²) in [6, 6.07) is 4.50. The van der Waals surface area contributed by atoms with E-state index in [2.05, 4.69) is 0 Å². The van der Waals surface area contributed by atoms with Crippen LogP contribution >= 0.6 is 0 Å². The molecule has 0 heterocycles. The molecule has 0 unspecified atom stereocenters. The third-order valence-electron chi connectivity index (χ3n) is 1.91. The molecule has 0 atom stereocenters. The Morgan fingerprint density at radius 1 is 1.33 bits per heavy atom. The van der Waals surface area contributed by atoms with Gasteiger partial charge in [0.1, 0.15) is 11.3 Å². The van der Waals surface area contributed by atoms with E-state index in [1.54, 1.807) is 13.0 Å². The van der Waals surface area contributed by atoms with Crippen molar-refractivity contribution in [2.75, 3.05) is 6.61 Å². The van der Waals surface area contributed by atoms with Crippen LogP contribution in [0.1, 0.15) is 34.6 Å². The van der Waals surface area contributed by atoms with Crippen LogP contribution in [0.3, 0.4) is 0 Å². The van der Waals surface area contributed by atoms with Gasteiger partial charge in [0.25, 0.3) is 0 Å². The number of ether oxygens (including phenoxy) is 1. The van der Waals surface area contributed by atoms with Crippen LogP contribution in [0, 0.1) is 0 Å². The van der Waals surface area contributed by atoms with E-state index in [4.69, 9.17) is 9.84 Å². The average Bonchev–Trinajstić information content (AvgIpc) is 2.17. The first kappa shape index (κ1) is 11.2. The summed E-state index contributed by atoms with van der Waals surface area (Å²) in [4.78, 5) is 22.1. The van der Waals surface area contributed by atoms with Crippen LogP contribution in [-0.2, 0) is 0 Å². The molecule has 0 radical (unpaired) electrons. The summed E-state index contributed by atoms with van der Waals surface area (Å²) >= 11 is 0. The minimum atomic E-state index is -1.10. The summed E-state index contributed by atoms with van der Waals surface area (Å²) in [7, 11) is 0. The Balaban J connectivity index is 3.34.